The van der Waals surface area contributed by atoms with E-state index in [2.05, 4.69) is 6.58 Å². The van der Waals surface area contributed by atoms with E-state index in [-0.39, 0.29) is 17.8 Å². The lowest BCUT2D eigenvalue weighted by molar-refractivity contribution is -0.104. The van der Waals surface area contributed by atoms with E-state index < -0.39 is 17.5 Å². The highest BCUT2D eigenvalue weighted by Crippen LogP contribution is 2.22. The Hall–Kier alpha value is -1.88. The molecule has 0 bridgehead atoms. The lowest BCUT2D eigenvalue weighted by Crippen LogP contribution is -1.91. The van der Waals surface area contributed by atoms with Crippen molar-refractivity contribution in [2.45, 2.75) is 27.7 Å². The van der Waals surface area contributed by atoms with E-state index in [9.17, 15) is 18.0 Å². The van der Waals surface area contributed by atoms with Crippen LogP contribution in [0, 0.1) is 0 Å². The van der Waals surface area contributed by atoms with Crippen LogP contribution in [-0.4, -0.2) is 19.5 Å². The largest absolute Gasteiger partial charge is 0.378 e. The van der Waals surface area contributed by atoms with Crippen molar-refractivity contribution in [3.8, 4) is 0 Å². The predicted octanol–water partition coefficient (Wildman–Crippen LogP) is 5.31. The second-order valence-corrected chi connectivity index (χ2v) is 3.68. The Morgan fingerprint density at radius 1 is 1.23 bits per heavy atom. The van der Waals surface area contributed by atoms with Gasteiger partial charge in [0.25, 0.3) is 0 Å². The standard InChI is InChI=1S/C15H17F3O2.C2H6/c1-4-13(16)15(18)14(17)9-12(11(3)10-19)7-6-8-20-5-2;1-2/h4,6-7,9-10H,1,5,8H2,2-3H3;1-2H3/b7-6-,12-11-,14-9-,15-13-;. The Kier molecular flexibility index (Phi) is 14.3. The van der Waals surface area contributed by atoms with E-state index in [1.165, 1.54) is 13.0 Å². The zero-order valence-corrected chi connectivity index (χ0v) is 13.5. The molecule has 0 aromatic heterocycles. The molecule has 0 atom stereocenters. The fraction of sp³-hybridized carbons (Fsp3) is 0.353. The molecule has 0 aliphatic heterocycles. The molecule has 0 aromatic rings. The minimum atomic E-state index is -1.66. The van der Waals surface area contributed by atoms with Crippen LogP contribution >= 0.6 is 0 Å². The van der Waals surface area contributed by atoms with Gasteiger partial charge in [-0.25, -0.2) is 13.2 Å². The molecule has 124 valence electrons. The number of ether oxygens (including phenoxy) is 1. The van der Waals surface area contributed by atoms with Crippen molar-refractivity contribution >= 4 is 6.29 Å². The number of rotatable bonds is 8. The maximum atomic E-state index is 13.5. The molecule has 0 unspecified atom stereocenters. The summed E-state index contributed by atoms with van der Waals surface area (Å²) in [6.07, 6.45) is 4.74. The first-order valence-electron chi connectivity index (χ1n) is 6.93. The van der Waals surface area contributed by atoms with Crippen molar-refractivity contribution < 1.29 is 22.7 Å². The van der Waals surface area contributed by atoms with E-state index in [0.29, 0.717) is 19.0 Å². The molecule has 0 saturated carbocycles. The van der Waals surface area contributed by atoms with Gasteiger partial charge in [-0.05, 0) is 37.1 Å². The van der Waals surface area contributed by atoms with Crippen LogP contribution in [0.1, 0.15) is 27.7 Å². The van der Waals surface area contributed by atoms with E-state index in [0.717, 1.165) is 6.08 Å². The van der Waals surface area contributed by atoms with Gasteiger partial charge in [0, 0.05) is 6.61 Å². The lowest BCUT2D eigenvalue weighted by Gasteiger charge is -2.00. The number of carbonyl (C=O) groups excluding carboxylic acids is 1. The number of hydrogen-bond donors (Lipinski definition) is 0. The molecule has 0 rings (SSSR count). The SMILES string of the molecule is C=C\C(F)=C(F)/C(F)=C/C(/C=C\COCC)=C(/C)C=O.CC. The molecule has 0 aliphatic rings. The summed E-state index contributed by atoms with van der Waals surface area (Å²) in [7, 11) is 0. The summed E-state index contributed by atoms with van der Waals surface area (Å²) in [6, 6.07) is 0. The Balaban J connectivity index is 0. The molecular formula is C17H23F3O2. The minimum Gasteiger partial charge on any atom is -0.378 e. The van der Waals surface area contributed by atoms with Gasteiger partial charge in [-0.3, -0.25) is 4.79 Å². The molecular weight excluding hydrogens is 293 g/mol. The van der Waals surface area contributed by atoms with Crippen LogP contribution in [0.15, 0.2) is 59.5 Å². The third kappa shape index (κ3) is 9.13. The van der Waals surface area contributed by atoms with Gasteiger partial charge in [0.2, 0.25) is 0 Å². The Morgan fingerprint density at radius 2 is 1.82 bits per heavy atom. The van der Waals surface area contributed by atoms with E-state index in [1.807, 2.05) is 13.8 Å². The normalized spacial score (nSPS) is 13.9. The topological polar surface area (TPSA) is 26.3 Å². The van der Waals surface area contributed by atoms with Crippen LogP contribution in [0.5, 0.6) is 0 Å². The quantitative estimate of drug-likeness (QED) is 0.262. The van der Waals surface area contributed by atoms with Crippen molar-refractivity contribution in [1.82, 2.24) is 0 Å². The summed E-state index contributed by atoms with van der Waals surface area (Å²) in [6.45, 7) is 11.0. The highest BCUT2D eigenvalue weighted by molar-refractivity contribution is 5.76. The van der Waals surface area contributed by atoms with E-state index in [1.54, 1.807) is 13.0 Å². The molecule has 0 saturated heterocycles. The lowest BCUT2D eigenvalue weighted by atomic mass is 10.1. The maximum absolute atomic E-state index is 13.5. The van der Waals surface area contributed by atoms with E-state index in [4.69, 9.17) is 4.74 Å². The molecule has 0 radical (unpaired) electrons. The van der Waals surface area contributed by atoms with Crippen molar-refractivity contribution in [1.29, 1.82) is 0 Å². The summed E-state index contributed by atoms with van der Waals surface area (Å²) < 4.78 is 44.6. The van der Waals surface area contributed by atoms with Crippen LogP contribution in [0.4, 0.5) is 13.2 Å². The first-order valence-corrected chi connectivity index (χ1v) is 6.93. The van der Waals surface area contributed by atoms with Crippen LogP contribution in [0.25, 0.3) is 0 Å². The molecule has 2 nitrogen and oxygen atoms in total. The van der Waals surface area contributed by atoms with Gasteiger partial charge in [-0.2, -0.15) is 0 Å². The van der Waals surface area contributed by atoms with Gasteiger partial charge in [0.1, 0.15) is 6.29 Å². The van der Waals surface area contributed by atoms with Gasteiger partial charge in [0.05, 0.1) is 6.61 Å². The fourth-order valence-corrected chi connectivity index (χ4v) is 1.13. The molecule has 22 heavy (non-hydrogen) atoms. The highest BCUT2D eigenvalue weighted by atomic mass is 19.2. The van der Waals surface area contributed by atoms with Gasteiger partial charge in [0.15, 0.2) is 17.5 Å². The molecule has 0 amide bonds. The fourth-order valence-electron chi connectivity index (χ4n) is 1.13. The Bertz CT molecular complexity index is 472. The first-order chi connectivity index (χ1) is 10.5. The molecule has 0 aromatic carbocycles. The summed E-state index contributed by atoms with van der Waals surface area (Å²) in [5.41, 5.74) is 0.309. The minimum absolute atomic E-state index is 0.129. The van der Waals surface area contributed by atoms with Gasteiger partial charge in [-0.1, -0.05) is 32.6 Å². The second-order valence-electron chi connectivity index (χ2n) is 3.68. The second kappa shape index (κ2) is 14.1. The number of hydrogen-bond acceptors (Lipinski definition) is 2. The molecule has 0 aliphatic carbocycles. The predicted molar refractivity (Wildman–Crippen MR) is 84.4 cm³/mol. The number of halogens is 3. The van der Waals surface area contributed by atoms with Crippen molar-refractivity contribution in [2.75, 3.05) is 13.2 Å². The summed E-state index contributed by atoms with van der Waals surface area (Å²) in [5.74, 6) is -4.48. The third-order valence-corrected chi connectivity index (χ3v) is 2.23. The molecule has 5 heteroatoms. The zero-order valence-electron chi connectivity index (χ0n) is 13.5. The zero-order chi connectivity index (χ0) is 17.5. The van der Waals surface area contributed by atoms with Gasteiger partial charge < -0.3 is 4.74 Å². The van der Waals surface area contributed by atoms with Crippen LogP contribution in [0.2, 0.25) is 0 Å². The Morgan fingerprint density at radius 3 is 2.27 bits per heavy atom. The summed E-state index contributed by atoms with van der Waals surface area (Å²) >= 11 is 0. The molecule has 0 spiro atoms. The molecule has 0 heterocycles. The summed E-state index contributed by atoms with van der Waals surface area (Å²) in [5, 5.41) is 0. The molecule has 0 N–H and O–H groups in total. The first kappa shape index (κ1) is 22.4. The van der Waals surface area contributed by atoms with Crippen molar-refractivity contribution in [3.05, 3.63) is 59.5 Å². The van der Waals surface area contributed by atoms with Crippen LogP contribution in [0.3, 0.4) is 0 Å². The number of allylic oxidation sites excluding steroid dienone is 8. The average molecular weight is 316 g/mol. The van der Waals surface area contributed by atoms with Gasteiger partial charge >= 0.3 is 0 Å². The highest BCUT2D eigenvalue weighted by Gasteiger charge is 2.10. The third-order valence-electron chi connectivity index (χ3n) is 2.23. The number of carbonyl (C=O) groups is 1. The monoisotopic (exact) mass is 316 g/mol. The van der Waals surface area contributed by atoms with Crippen molar-refractivity contribution in [2.24, 2.45) is 0 Å². The van der Waals surface area contributed by atoms with Crippen LogP contribution < -0.4 is 0 Å². The van der Waals surface area contributed by atoms with Crippen LogP contribution in [-0.2, 0) is 9.53 Å². The van der Waals surface area contributed by atoms with E-state index >= 15 is 0 Å². The average Bonchev–Trinajstić information content (AvgIpc) is 2.56. The molecule has 0 fully saturated rings. The number of aldehydes is 1. The van der Waals surface area contributed by atoms with Gasteiger partial charge in [-0.15, -0.1) is 0 Å². The summed E-state index contributed by atoms with van der Waals surface area (Å²) in [4.78, 5) is 10.7. The van der Waals surface area contributed by atoms with Crippen molar-refractivity contribution in [3.63, 3.8) is 0 Å². The Labute approximate surface area is 130 Å². The smallest absolute Gasteiger partial charge is 0.194 e. The maximum Gasteiger partial charge on any atom is 0.194 e.